The molecule has 1 fully saturated rings. The van der Waals surface area contributed by atoms with Crippen LogP contribution in [0.25, 0.3) is 11.5 Å². The minimum absolute atomic E-state index is 0.0834. The summed E-state index contributed by atoms with van der Waals surface area (Å²) in [5, 5.41) is 2.78. The quantitative estimate of drug-likeness (QED) is 0.473. The number of amides is 3. The van der Waals surface area contributed by atoms with E-state index in [0.29, 0.717) is 37.3 Å². The first-order valence-electron chi connectivity index (χ1n) is 11.6. The van der Waals surface area contributed by atoms with E-state index in [1.807, 2.05) is 0 Å². The van der Waals surface area contributed by atoms with Gasteiger partial charge in [0.15, 0.2) is 0 Å². The molecule has 36 heavy (non-hydrogen) atoms. The highest BCUT2D eigenvalue weighted by Gasteiger charge is 2.33. The third kappa shape index (κ3) is 5.99. The molecule has 0 aliphatic carbocycles. The Labute approximate surface area is 207 Å². The summed E-state index contributed by atoms with van der Waals surface area (Å²) >= 11 is 0. The van der Waals surface area contributed by atoms with E-state index in [9.17, 15) is 18.4 Å². The second kappa shape index (κ2) is 10.3. The van der Waals surface area contributed by atoms with Gasteiger partial charge in [-0.15, -0.1) is 0 Å². The first-order chi connectivity index (χ1) is 17.1. The molecule has 1 aliphatic heterocycles. The average molecular weight is 499 g/mol. The molecule has 10 heteroatoms. The predicted molar refractivity (Wildman–Crippen MR) is 131 cm³/mol. The molecule has 0 spiro atoms. The molecule has 1 aliphatic rings. The summed E-state index contributed by atoms with van der Waals surface area (Å²) in [7, 11) is 0. The fraction of sp³-hybridized carbons (Fsp3) is 0.346. The molecule has 0 unspecified atom stereocenters. The smallest absolute Gasteiger partial charge is 0.410 e. The van der Waals surface area contributed by atoms with Crippen LogP contribution in [0.5, 0.6) is 0 Å². The molecule has 190 valence electrons. The zero-order valence-electron chi connectivity index (χ0n) is 20.3. The van der Waals surface area contributed by atoms with E-state index in [2.05, 4.69) is 10.3 Å². The molecule has 1 aromatic heterocycles. The first-order valence-corrected chi connectivity index (χ1v) is 11.6. The number of piperidine rings is 1. The second-order valence-electron chi connectivity index (χ2n) is 9.51. The number of hydrogen-bond acceptors (Lipinski definition) is 5. The summed E-state index contributed by atoms with van der Waals surface area (Å²) < 4.78 is 39.0. The number of oxazole rings is 1. The summed E-state index contributed by atoms with van der Waals surface area (Å²) in [6.45, 7) is 6.16. The molecule has 8 nitrogen and oxygen atoms in total. The molecule has 1 N–H and O–H groups in total. The SMILES string of the molecule is CC(C)(C)OC(=O)N1CCC(N(C(=O)Nc2ccc(F)c(-c3ncco3)c2)c2cccc(F)c2)CC1. The van der Waals surface area contributed by atoms with E-state index in [0.717, 1.165) is 0 Å². The van der Waals surface area contributed by atoms with E-state index in [1.165, 1.54) is 53.8 Å². The van der Waals surface area contributed by atoms with Gasteiger partial charge >= 0.3 is 12.1 Å². The highest BCUT2D eigenvalue weighted by molar-refractivity contribution is 6.02. The van der Waals surface area contributed by atoms with Gasteiger partial charge in [0.1, 0.15) is 23.5 Å². The number of urea groups is 1. The Kier molecular flexibility index (Phi) is 7.23. The highest BCUT2D eigenvalue weighted by Crippen LogP contribution is 2.28. The van der Waals surface area contributed by atoms with Crippen LogP contribution in [0.1, 0.15) is 33.6 Å². The number of anilines is 2. The number of nitrogens with one attached hydrogen (secondary N) is 1. The van der Waals surface area contributed by atoms with Gasteiger partial charge in [-0.3, -0.25) is 4.90 Å². The van der Waals surface area contributed by atoms with Gasteiger partial charge in [0, 0.05) is 30.5 Å². The zero-order chi connectivity index (χ0) is 25.9. The third-order valence-corrected chi connectivity index (χ3v) is 5.67. The molecule has 2 aromatic carbocycles. The average Bonchev–Trinajstić information content (AvgIpc) is 3.35. The largest absolute Gasteiger partial charge is 0.444 e. The molecule has 4 rings (SSSR count). The van der Waals surface area contributed by atoms with Crippen LogP contribution in [0, 0.1) is 11.6 Å². The number of aromatic nitrogens is 1. The summed E-state index contributed by atoms with van der Waals surface area (Å²) in [5.41, 5.74) is 0.182. The van der Waals surface area contributed by atoms with E-state index in [-0.39, 0.29) is 17.5 Å². The summed E-state index contributed by atoms with van der Waals surface area (Å²) in [4.78, 5) is 33.0. The molecule has 0 atom stereocenters. The van der Waals surface area contributed by atoms with Gasteiger partial charge in [0.2, 0.25) is 5.89 Å². The summed E-state index contributed by atoms with van der Waals surface area (Å²) in [5.74, 6) is -0.948. The third-order valence-electron chi connectivity index (χ3n) is 5.67. The van der Waals surface area contributed by atoms with Crippen molar-refractivity contribution in [2.24, 2.45) is 0 Å². The molecular weight excluding hydrogens is 470 g/mol. The van der Waals surface area contributed by atoms with Gasteiger partial charge < -0.3 is 19.4 Å². The fourth-order valence-corrected chi connectivity index (χ4v) is 4.06. The number of rotatable bonds is 4. The maximum atomic E-state index is 14.3. The minimum Gasteiger partial charge on any atom is -0.444 e. The number of carbonyl (C=O) groups excluding carboxylic acids is 2. The number of hydrogen-bond donors (Lipinski definition) is 1. The maximum absolute atomic E-state index is 14.3. The van der Waals surface area contributed by atoms with E-state index in [4.69, 9.17) is 9.15 Å². The van der Waals surface area contributed by atoms with Crippen LogP contribution in [0.4, 0.5) is 29.7 Å². The Balaban J connectivity index is 1.54. The lowest BCUT2D eigenvalue weighted by molar-refractivity contribution is 0.0206. The second-order valence-corrected chi connectivity index (χ2v) is 9.51. The standard InChI is InChI=1S/C26H28F2N4O4/c1-26(2,3)36-25(34)31-12-9-19(10-13-31)32(20-6-4-5-17(27)15-20)24(33)30-18-7-8-22(28)21(16-18)23-29-11-14-35-23/h4-8,11,14-16,19H,9-10,12-13H2,1-3H3,(H,30,33). The van der Waals surface area contributed by atoms with Crippen molar-refractivity contribution in [3.05, 3.63) is 66.6 Å². The number of halogens is 2. The van der Waals surface area contributed by atoms with Crippen LogP contribution in [0.2, 0.25) is 0 Å². The van der Waals surface area contributed by atoms with Gasteiger partial charge in [0.05, 0.1) is 11.8 Å². The predicted octanol–water partition coefficient (Wildman–Crippen LogP) is 6.06. The fourth-order valence-electron chi connectivity index (χ4n) is 4.06. The van der Waals surface area contributed by atoms with Crippen molar-refractivity contribution < 1.29 is 27.5 Å². The molecule has 3 aromatic rings. The van der Waals surface area contributed by atoms with E-state index >= 15 is 0 Å². The molecule has 0 saturated carbocycles. The van der Waals surface area contributed by atoms with Gasteiger partial charge in [-0.1, -0.05) is 6.07 Å². The van der Waals surface area contributed by atoms with E-state index < -0.39 is 29.4 Å². The van der Waals surface area contributed by atoms with Crippen molar-refractivity contribution in [1.82, 2.24) is 9.88 Å². The van der Waals surface area contributed by atoms with E-state index in [1.54, 1.807) is 31.7 Å². The zero-order valence-corrected chi connectivity index (χ0v) is 20.3. The molecule has 0 bridgehead atoms. The molecule has 2 heterocycles. The van der Waals surface area contributed by atoms with Gasteiger partial charge in [0.25, 0.3) is 0 Å². The Morgan fingerprint density at radius 3 is 2.53 bits per heavy atom. The van der Waals surface area contributed by atoms with Crippen LogP contribution < -0.4 is 10.2 Å². The van der Waals surface area contributed by atoms with Crippen LogP contribution >= 0.6 is 0 Å². The summed E-state index contributed by atoms with van der Waals surface area (Å²) in [6.07, 6.45) is 3.25. The van der Waals surface area contributed by atoms with Crippen molar-refractivity contribution in [1.29, 1.82) is 0 Å². The van der Waals surface area contributed by atoms with Gasteiger partial charge in [-0.25, -0.2) is 23.4 Å². The molecular formula is C26H28F2N4O4. The topological polar surface area (TPSA) is 87.9 Å². The van der Waals surface area contributed by atoms with Crippen LogP contribution in [-0.4, -0.2) is 46.7 Å². The normalized spacial score (nSPS) is 14.4. The Hall–Kier alpha value is -3.95. The van der Waals surface area contributed by atoms with Crippen molar-refractivity contribution in [2.45, 2.75) is 45.3 Å². The molecule has 0 radical (unpaired) electrons. The lowest BCUT2D eigenvalue weighted by Crippen LogP contribution is -2.51. The Morgan fingerprint density at radius 2 is 1.89 bits per heavy atom. The molecule has 3 amide bonds. The number of carbonyl (C=O) groups is 2. The lowest BCUT2D eigenvalue weighted by atomic mass is 10.0. The number of nitrogens with zero attached hydrogens (tertiary/aromatic N) is 3. The summed E-state index contributed by atoms with van der Waals surface area (Å²) in [6, 6.07) is 8.99. The van der Waals surface area contributed by atoms with Crippen molar-refractivity contribution >= 4 is 23.5 Å². The number of likely N-dealkylation sites (tertiary alicyclic amines) is 1. The number of benzene rings is 2. The van der Waals surface area contributed by atoms with Crippen molar-refractivity contribution in [3.8, 4) is 11.5 Å². The number of ether oxygens (including phenoxy) is 1. The minimum atomic E-state index is -0.611. The van der Waals surface area contributed by atoms with Crippen LogP contribution in [-0.2, 0) is 4.74 Å². The highest BCUT2D eigenvalue weighted by atomic mass is 19.1. The monoisotopic (exact) mass is 498 g/mol. The first kappa shape index (κ1) is 25.2. The Bertz CT molecular complexity index is 1220. The van der Waals surface area contributed by atoms with Gasteiger partial charge in [-0.2, -0.15) is 0 Å². The van der Waals surface area contributed by atoms with Crippen molar-refractivity contribution in [2.75, 3.05) is 23.3 Å². The lowest BCUT2D eigenvalue weighted by Gasteiger charge is -2.38. The Morgan fingerprint density at radius 1 is 1.14 bits per heavy atom. The maximum Gasteiger partial charge on any atom is 0.410 e. The van der Waals surface area contributed by atoms with Gasteiger partial charge in [-0.05, 0) is 70.0 Å². The van der Waals surface area contributed by atoms with Crippen molar-refractivity contribution in [3.63, 3.8) is 0 Å². The molecule has 1 saturated heterocycles. The van der Waals surface area contributed by atoms with Crippen LogP contribution in [0.15, 0.2) is 59.3 Å². The van der Waals surface area contributed by atoms with Crippen LogP contribution in [0.3, 0.4) is 0 Å².